The highest BCUT2D eigenvalue weighted by molar-refractivity contribution is 6.00. The maximum absolute atomic E-state index is 12.4. The lowest BCUT2D eigenvalue weighted by atomic mass is 10.1. The van der Waals surface area contributed by atoms with Gasteiger partial charge in [0.15, 0.2) is 0 Å². The van der Waals surface area contributed by atoms with Gasteiger partial charge in [-0.1, -0.05) is 17.7 Å². The van der Waals surface area contributed by atoms with Crippen LogP contribution in [0.1, 0.15) is 27.9 Å². The molecule has 0 unspecified atom stereocenters. The molecule has 0 aromatic heterocycles. The van der Waals surface area contributed by atoms with Crippen LogP contribution >= 0.6 is 0 Å². The summed E-state index contributed by atoms with van der Waals surface area (Å²) in [7, 11) is 0. The van der Waals surface area contributed by atoms with Crippen molar-refractivity contribution in [2.45, 2.75) is 20.3 Å². The van der Waals surface area contributed by atoms with E-state index in [-0.39, 0.29) is 12.3 Å². The molecule has 128 valence electrons. The molecule has 1 fully saturated rings. The molecule has 1 saturated heterocycles. The molecule has 0 spiro atoms. The Morgan fingerprint density at radius 3 is 2.52 bits per heavy atom. The van der Waals surface area contributed by atoms with Crippen molar-refractivity contribution in [1.82, 2.24) is 0 Å². The zero-order valence-electron chi connectivity index (χ0n) is 14.2. The first-order valence-corrected chi connectivity index (χ1v) is 8.12. The van der Waals surface area contributed by atoms with E-state index in [1.54, 1.807) is 29.2 Å². The summed E-state index contributed by atoms with van der Waals surface area (Å²) >= 11 is 0. The number of aryl methyl sites for hydroxylation is 2. The van der Waals surface area contributed by atoms with E-state index in [2.05, 4.69) is 0 Å². The van der Waals surface area contributed by atoms with Crippen LogP contribution in [0.15, 0.2) is 42.5 Å². The first-order valence-electron chi connectivity index (χ1n) is 8.12. The summed E-state index contributed by atoms with van der Waals surface area (Å²) in [6.07, 6.45) is 0.863. The second-order valence-corrected chi connectivity index (χ2v) is 6.30. The van der Waals surface area contributed by atoms with Crippen LogP contribution in [-0.2, 0) is 9.59 Å². The fraction of sp³-hybridized carbons (Fsp3) is 0.250. The average Bonchev–Trinajstić information content (AvgIpc) is 2.97. The van der Waals surface area contributed by atoms with E-state index < -0.39 is 11.9 Å². The third-order valence-electron chi connectivity index (χ3n) is 4.34. The standard InChI is InChI=1S/C20H19NO4/c1-13-3-8-18(14(2)9-13)21-11-16(10-19(21)23)20(24)25-17-6-4-15(12-22)5-7-17/h3-9,12,16H,10-11H2,1-2H3/t16-/m0/s1. The van der Waals surface area contributed by atoms with E-state index in [0.717, 1.165) is 23.1 Å². The molecule has 5 nitrogen and oxygen atoms in total. The van der Waals surface area contributed by atoms with Crippen molar-refractivity contribution in [3.8, 4) is 5.75 Å². The van der Waals surface area contributed by atoms with Gasteiger partial charge in [-0.3, -0.25) is 14.4 Å². The number of amides is 1. The first-order chi connectivity index (χ1) is 12.0. The third kappa shape index (κ3) is 3.60. The Morgan fingerprint density at radius 1 is 1.16 bits per heavy atom. The number of hydrogen-bond donors (Lipinski definition) is 0. The van der Waals surface area contributed by atoms with Crippen molar-refractivity contribution < 1.29 is 19.1 Å². The van der Waals surface area contributed by atoms with Crippen molar-refractivity contribution in [3.63, 3.8) is 0 Å². The summed E-state index contributed by atoms with van der Waals surface area (Å²) in [4.78, 5) is 37.0. The molecular formula is C20H19NO4. The van der Waals surface area contributed by atoms with Crippen LogP contribution in [0, 0.1) is 19.8 Å². The van der Waals surface area contributed by atoms with Crippen LogP contribution in [0.2, 0.25) is 0 Å². The SMILES string of the molecule is Cc1ccc(N2C[C@@H](C(=O)Oc3ccc(C=O)cc3)CC2=O)c(C)c1. The van der Waals surface area contributed by atoms with Crippen LogP contribution in [0.25, 0.3) is 0 Å². The molecule has 3 rings (SSSR count). The van der Waals surface area contributed by atoms with Gasteiger partial charge < -0.3 is 9.64 Å². The minimum Gasteiger partial charge on any atom is -0.426 e. The Bertz CT molecular complexity index is 826. The molecule has 1 amide bonds. The van der Waals surface area contributed by atoms with Crippen LogP contribution < -0.4 is 9.64 Å². The van der Waals surface area contributed by atoms with Gasteiger partial charge in [0.2, 0.25) is 5.91 Å². The summed E-state index contributed by atoms with van der Waals surface area (Å²) in [6, 6.07) is 12.2. The largest absolute Gasteiger partial charge is 0.426 e. The third-order valence-corrected chi connectivity index (χ3v) is 4.34. The normalized spacial score (nSPS) is 16.8. The number of aldehydes is 1. The maximum Gasteiger partial charge on any atom is 0.316 e. The molecule has 1 heterocycles. The number of carbonyl (C=O) groups excluding carboxylic acids is 3. The molecular weight excluding hydrogens is 318 g/mol. The zero-order valence-corrected chi connectivity index (χ0v) is 14.2. The van der Waals surface area contributed by atoms with Gasteiger partial charge in [-0.15, -0.1) is 0 Å². The monoisotopic (exact) mass is 337 g/mol. The molecule has 0 aliphatic carbocycles. The summed E-state index contributed by atoms with van der Waals surface area (Å²) in [6.45, 7) is 4.27. The predicted molar refractivity (Wildman–Crippen MR) is 93.8 cm³/mol. The van der Waals surface area contributed by atoms with Crippen LogP contribution in [0.4, 0.5) is 5.69 Å². The highest BCUT2D eigenvalue weighted by Crippen LogP contribution is 2.29. The molecule has 5 heteroatoms. The van der Waals surface area contributed by atoms with Crippen LogP contribution in [0.3, 0.4) is 0 Å². The number of benzene rings is 2. The van der Waals surface area contributed by atoms with Gasteiger partial charge in [0.1, 0.15) is 12.0 Å². The van der Waals surface area contributed by atoms with Crippen LogP contribution in [-0.4, -0.2) is 24.7 Å². The lowest BCUT2D eigenvalue weighted by Gasteiger charge is -2.19. The number of nitrogens with zero attached hydrogens (tertiary/aromatic N) is 1. The molecule has 2 aromatic carbocycles. The lowest BCUT2D eigenvalue weighted by molar-refractivity contribution is -0.139. The Labute approximate surface area is 146 Å². The van der Waals surface area contributed by atoms with Crippen molar-refractivity contribution in [2.24, 2.45) is 5.92 Å². The van der Waals surface area contributed by atoms with Gasteiger partial charge in [-0.25, -0.2) is 0 Å². The van der Waals surface area contributed by atoms with Gasteiger partial charge in [-0.2, -0.15) is 0 Å². The first kappa shape index (κ1) is 16.9. The Morgan fingerprint density at radius 2 is 1.88 bits per heavy atom. The van der Waals surface area contributed by atoms with Crippen LogP contribution in [0.5, 0.6) is 5.75 Å². The number of esters is 1. The fourth-order valence-corrected chi connectivity index (χ4v) is 3.02. The summed E-state index contributed by atoms with van der Waals surface area (Å²) < 4.78 is 5.35. The van der Waals surface area contributed by atoms with E-state index >= 15 is 0 Å². The molecule has 1 atom stereocenters. The predicted octanol–water partition coefficient (Wildman–Crippen LogP) is 3.07. The zero-order chi connectivity index (χ0) is 18.0. The van der Waals surface area contributed by atoms with E-state index in [0.29, 0.717) is 17.9 Å². The van der Waals surface area contributed by atoms with Gasteiger partial charge in [-0.05, 0) is 49.7 Å². The second kappa shape index (κ2) is 6.89. The molecule has 0 saturated carbocycles. The highest BCUT2D eigenvalue weighted by atomic mass is 16.5. The molecule has 1 aliphatic heterocycles. The average molecular weight is 337 g/mol. The maximum atomic E-state index is 12.4. The minimum absolute atomic E-state index is 0.0785. The molecule has 25 heavy (non-hydrogen) atoms. The topological polar surface area (TPSA) is 63.7 Å². The number of anilines is 1. The highest BCUT2D eigenvalue weighted by Gasteiger charge is 2.36. The van der Waals surface area contributed by atoms with Gasteiger partial charge in [0.05, 0.1) is 5.92 Å². The van der Waals surface area contributed by atoms with Gasteiger partial charge >= 0.3 is 5.97 Å². The summed E-state index contributed by atoms with van der Waals surface area (Å²) in [5.74, 6) is -0.642. The van der Waals surface area contributed by atoms with E-state index in [1.165, 1.54) is 0 Å². The van der Waals surface area contributed by atoms with E-state index in [1.807, 2.05) is 32.0 Å². The number of carbonyl (C=O) groups is 3. The van der Waals surface area contributed by atoms with Crippen molar-refractivity contribution in [3.05, 3.63) is 59.2 Å². The molecule has 1 aliphatic rings. The smallest absolute Gasteiger partial charge is 0.316 e. The van der Waals surface area contributed by atoms with Crippen molar-refractivity contribution in [2.75, 3.05) is 11.4 Å². The Balaban J connectivity index is 1.70. The van der Waals surface area contributed by atoms with E-state index in [4.69, 9.17) is 4.74 Å². The van der Waals surface area contributed by atoms with E-state index in [9.17, 15) is 14.4 Å². The second-order valence-electron chi connectivity index (χ2n) is 6.30. The van der Waals surface area contributed by atoms with Crippen molar-refractivity contribution >= 4 is 23.9 Å². The Kier molecular flexibility index (Phi) is 4.65. The number of hydrogen-bond acceptors (Lipinski definition) is 4. The summed E-state index contributed by atoms with van der Waals surface area (Å²) in [5.41, 5.74) is 3.48. The van der Waals surface area contributed by atoms with Gasteiger partial charge in [0, 0.05) is 24.2 Å². The number of ether oxygens (including phenoxy) is 1. The fourth-order valence-electron chi connectivity index (χ4n) is 3.02. The summed E-state index contributed by atoms with van der Waals surface area (Å²) in [5, 5.41) is 0. The molecule has 0 bridgehead atoms. The lowest BCUT2D eigenvalue weighted by Crippen LogP contribution is -2.27. The molecule has 0 N–H and O–H groups in total. The molecule has 2 aromatic rings. The minimum atomic E-state index is -0.501. The van der Waals surface area contributed by atoms with Gasteiger partial charge in [0.25, 0.3) is 0 Å². The molecule has 0 radical (unpaired) electrons. The number of rotatable bonds is 4. The Hall–Kier alpha value is -2.95. The van der Waals surface area contributed by atoms with Crippen molar-refractivity contribution in [1.29, 1.82) is 0 Å². The quantitative estimate of drug-likeness (QED) is 0.489.